The first-order valence-corrected chi connectivity index (χ1v) is 8.44. The standard InChI is InChI=1S/C13H21N3O3S.ClH/c1-2-19-8-9-20(17,18)16-7-6-15-11-13(16)12-4-3-5-14-10-12;/h3-5,10,13,15H,2,6-9,11H2,1H3;1H. The molecule has 8 heteroatoms. The van der Waals surface area contributed by atoms with Crippen molar-refractivity contribution < 1.29 is 13.2 Å². The lowest BCUT2D eigenvalue weighted by Crippen LogP contribution is -2.49. The fourth-order valence-electron chi connectivity index (χ4n) is 2.30. The van der Waals surface area contributed by atoms with Gasteiger partial charge in [0.2, 0.25) is 10.0 Å². The first-order chi connectivity index (χ1) is 9.65. The Labute approximate surface area is 132 Å². The van der Waals surface area contributed by atoms with E-state index >= 15 is 0 Å². The third-order valence-electron chi connectivity index (χ3n) is 3.31. The van der Waals surface area contributed by atoms with Gasteiger partial charge in [-0.05, 0) is 18.6 Å². The van der Waals surface area contributed by atoms with E-state index in [1.807, 2.05) is 19.1 Å². The minimum Gasteiger partial charge on any atom is -0.381 e. The van der Waals surface area contributed by atoms with Crippen molar-refractivity contribution in [2.45, 2.75) is 13.0 Å². The summed E-state index contributed by atoms with van der Waals surface area (Å²) in [5.41, 5.74) is 0.916. The second-order valence-corrected chi connectivity index (χ2v) is 6.67. The summed E-state index contributed by atoms with van der Waals surface area (Å²) in [5.74, 6) is 0.0254. The van der Waals surface area contributed by atoms with Crippen LogP contribution in [0.1, 0.15) is 18.5 Å². The van der Waals surface area contributed by atoms with E-state index in [9.17, 15) is 8.42 Å². The molecule has 0 radical (unpaired) electrons. The van der Waals surface area contributed by atoms with Crippen molar-refractivity contribution in [2.75, 3.05) is 38.6 Å². The second kappa shape index (κ2) is 8.65. The zero-order valence-electron chi connectivity index (χ0n) is 12.1. The molecule has 1 saturated heterocycles. The van der Waals surface area contributed by atoms with Gasteiger partial charge < -0.3 is 10.1 Å². The van der Waals surface area contributed by atoms with Gasteiger partial charge in [0, 0.05) is 38.6 Å². The van der Waals surface area contributed by atoms with Gasteiger partial charge in [0.15, 0.2) is 0 Å². The highest BCUT2D eigenvalue weighted by Gasteiger charge is 2.32. The van der Waals surface area contributed by atoms with Gasteiger partial charge in [-0.15, -0.1) is 12.4 Å². The second-order valence-electron chi connectivity index (χ2n) is 4.63. The molecule has 1 N–H and O–H groups in total. The molecule has 1 fully saturated rings. The predicted octanol–water partition coefficient (Wildman–Crippen LogP) is 0.816. The Morgan fingerprint density at radius 2 is 2.33 bits per heavy atom. The number of nitrogens with zero attached hydrogens (tertiary/aromatic N) is 2. The summed E-state index contributed by atoms with van der Waals surface area (Å²) in [5, 5.41) is 3.24. The fourth-order valence-corrected chi connectivity index (χ4v) is 3.82. The molecule has 2 heterocycles. The molecule has 1 aliphatic rings. The first-order valence-electron chi connectivity index (χ1n) is 6.83. The zero-order chi connectivity index (χ0) is 14.4. The van der Waals surface area contributed by atoms with Crippen LogP contribution in [0.15, 0.2) is 24.5 Å². The number of nitrogens with one attached hydrogen (secondary N) is 1. The van der Waals surface area contributed by atoms with Gasteiger partial charge >= 0.3 is 0 Å². The van der Waals surface area contributed by atoms with Crippen molar-refractivity contribution in [1.82, 2.24) is 14.6 Å². The van der Waals surface area contributed by atoms with E-state index in [1.165, 1.54) is 0 Å². The summed E-state index contributed by atoms with van der Waals surface area (Å²) in [6, 6.07) is 3.55. The number of ether oxygens (including phenoxy) is 1. The van der Waals surface area contributed by atoms with Crippen molar-refractivity contribution in [3.63, 3.8) is 0 Å². The van der Waals surface area contributed by atoms with Gasteiger partial charge in [0.1, 0.15) is 0 Å². The Morgan fingerprint density at radius 3 is 3.00 bits per heavy atom. The molecular weight excluding hydrogens is 314 g/mol. The van der Waals surface area contributed by atoms with Crippen LogP contribution >= 0.6 is 12.4 Å². The summed E-state index contributed by atoms with van der Waals surface area (Å²) in [7, 11) is -3.31. The van der Waals surface area contributed by atoms with Crippen molar-refractivity contribution in [2.24, 2.45) is 0 Å². The third-order valence-corrected chi connectivity index (χ3v) is 5.14. The van der Waals surface area contributed by atoms with Crippen molar-refractivity contribution in [1.29, 1.82) is 0 Å². The highest BCUT2D eigenvalue weighted by Crippen LogP contribution is 2.24. The number of rotatable bonds is 6. The molecule has 1 aromatic rings. The lowest BCUT2D eigenvalue weighted by Gasteiger charge is -2.35. The summed E-state index contributed by atoms with van der Waals surface area (Å²) >= 11 is 0. The maximum absolute atomic E-state index is 12.4. The van der Waals surface area contributed by atoms with Crippen LogP contribution < -0.4 is 5.32 Å². The molecule has 0 aliphatic carbocycles. The molecule has 2 rings (SSSR count). The quantitative estimate of drug-likeness (QED) is 0.779. The topological polar surface area (TPSA) is 71.5 Å². The first kappa shape index (κ1) is 18.3. The smallest absolute Gasteiger partial charge is 0.217 e. The van der Waals surface area contributed by atoms with Gasteiger partial charge in [-0.3, -0.25) is 4.98 Å². The average Bonchev–Trinajstić information content (AvgIpc) is 2.48. The summed E-state index contributed by atoms with van der Waals surface area (Å²) in [6.07, 6.45) is 3.41. The highest BCUT2D eigenvalue weighted by atomic mass is 35.5. The van der Waals surface area contributed by atoms with Crippen LogP contribution in [-0.2, 0) is 14.8 Å². The number of aromatic nitrogens is 1. The maximum atomic E-state index is 12.4. The maximum Gasteiger partial charge on any atom is 0.217 e. The van der Waals surface area contributed by atoms with Gasteiger partial charge in [-0.25, -0.2) is 8.42 Å². The summed E-state index contributed by atoms with van der Waals surface area (Å²) in [6.45, 7) is 4.39. The molecule has 0 aromatic carbocycles. The Kier molecular flexibility index (Phi) is 7.55. The zero-order valence-corrected chi connectivity index (χ0v) is 13.7. The number of hydrogen-bond donors (Lipinski definition) is 1. The van der Waals surface area contributed by atoms with E-state index < -0.39 is 10.0 Å². The third kappa shape index (κ3) is 4.89. The van der Waals surface area contributed by atoms with E-state index in [-0.39, 0.29) is 30.8 Å². The highest BCUT2D eigenvalue weighted by molar-refractivity contribution is 7.89. The van der Waals surface area contributed by atoms with E-state index in [0.717, 1.165) is 5.56 Å². The molecule has 21 heavy (non-hydrogen) atoms. The Hall–Kier alpha value is -0.730. The minimum atomic E-state index is -3.31. The molecule has 0 saturated carbocycles. The monoisotopic (exact) mass is 335 g/mol. The van der Waals surface area contributed by atoms with E-state index in [0.29, 0.717) is 26.2 Å². The molecule has 1 atom stereocenters. The van der Waals surface area contributed by atoms with Crippen LogP contribution in [0.3, 0.4) is 0 Å². The lowest BCUT2D eigenvalue weighted by atomic mass is 10.1. The molecule has 120 valence electrons. The molecular formula is C13H22ClN3O3S. The lowest BCUT2D eigenvalue weighted by molar-refractivity contribution is 0.161. The molecule has 6 nitrogen and oxygen atoms in total. The van der Waals surface area contributed by atoms with Crippen LogP contribution in [0, 0.1) is 0 Å². The molecule has 1 unspecified atom stereocenters. The van der Waals surface area contributed by atoms with Crippen LogP contribution in [-0.4, -0.2) is 56.3 Å². The number of sulfonamides is 1. The van der Waals surface area contributed by atoms with E-state index in [4.69, 9.17) is 4.74 Å². The van der Waals surface area contributed by atoms with Gasteiger partial charge in [0.25, 0.3) is 0 Å². The molecule has 1 aliphatic heterocycles. The normalized spacial score (nSPS) is 20.0. The van der Waals surface area contributed by atoms with Crippen molar-refractivity contribution >= 4 is 22.4 Å². The minimum absolute atomic E-state index is 0. The van der Waals surface area contributed by atoms with Crippen LogP contribution in [0.25, 0.3) is 0 Å². The van der Waals surface area contributed by atoms with E-state index in [2.05, 4.69) is 10.3 Å². The number of halogens is 1. The Bertz CT molecular complexity index is 513. The molecule has 0 amide bonds. The number of pyridine rings is 1. The molecule has 1 aromatic heterocycles. The van der Waals surface area contributed by atoms with Gasteiger partial charge in [-0.1, -0.05) is 6.07 Å². The molecule has 0 spiro atoms. The Balaban J connectivity index is 0.00000220. The number of piperazine rings is 1. The summed E-state index contributed by atoms with van der Waals surface area (Å²) < 4.78 is 31.6. The Morgan fingerprint density at radius 1 is 1.52 bits per heavy atom. The SMILES string of the molecule is CCOCCS(=O)(=O)N1CCNCC1c1cccnc1.Cl. The largest absolute Gasteiger partial charge is 0.381 e. The van der Waals surface area contributed by atoms with Crippen LogP contribution in [0.4, 0.5) is 0 Å². The average molecular weight is 336 g/mol. The summed E-state index contributed by atoms with van der Waals surface area (Å²) in [4.78, 5) is 4.08. The number of hydrogen-bond acceptors (Lipinski definition) is 5. The van der Waals surface area contributed by atoms with Crippen molar-refractivity contribution in [3.8, 4) is 0 Å². The van der Waals surface area contributed by atoms with Crippen LogP contribution in [0.2, 0.25) is 0 Å². The predicted molar refractivity (Wildman–Crippen MR) is 84.1 cm³/mol. The van der Waals surface area contributed by atoms with Gasteiger partial charge in [0.05, 0.1) is 18.4 Å². The van der Waals surface area contributed by atoms with Crippen LogP contribution in [0.5, 0.6) is 0 Å². The fraction of sp³-hybridized carbons (Fsp3) is 0.615. The molecule has 0 bridgehead atoms. The van der Waals surface area contributed by atoms with E-state index in [1.54, 1.807) is 16.7 Å². The van der Waals surface area contributed by atoms with Gasteiger partial charge in [-0.2, -0.15) is 4.31 Å². The van der Waals surface area contributed by atoms with Crippen molar-refractivity contribution in [3.05, 3.63) is 30.1 Å².